The van der Waals surface area contributed by atoms with E-state index in [-0.39, 0.29) is 11.9 Å². The van der Waals surface area contributed by atoms with Crippen LogP contribution in [0.15, 0.2) is 42.6 Å². The summed E-state index contributed by atoms with van der Waals surface area (Å²) in [5.74, 6) is 0.327. The molecule has 0 aliphatic carbocycles. The highest BCUT2D eigenvalue weighted by Crippen LogP contribution is 2.24. The van der Waals surface area contributed by atoms with E-state index in [9.17, 15) is 9.59 Å². The number of carbonyl (C=O) groups is 2. The zero-order valence-electron chi connectivity index (χ0n) is 14.9. The van der Waals surface area contributed by atoms with Crippen LogP contribution < -0.4 is 9.64 Å². The number of carbonyl (C=O) groups excluding carboxylic acids is 2. The maximum atomic E-state index is 12.4. The van der Waals surface area contributed by atoms with E-state index in [1.165, 1.54) is 7.11 Å². The molecule has 2 aromatic rings. The number of anilines is 1. The van der Waals surface area contributed by atoms with Crippen molar-refractivity contribution in [3.05, 3.63) is 53.7 Å². The predicted octanol–water partition coefficient (Wildman–Crippen LogP) is 2.56. The van der Waals surface area contributed by atoms with Crippen LogP contribution in [0.1, 0.15) is 28.8 Å². The van der Waals surface area contributed by atoms with Crippen molar-refractivity contribution in [3.63, 3.8) is 0 Å². The van der Waals surface area contributed by atoms with E-state index in [4.69, 9.17) is 10.00 Å². The molecule has 1 aromatic carbocycles. The van der Waals surface area contributed by atoms with E-state index >= 15 is 0 Å². The predicted molar refractivity (Wildman–Crippen MR) is 97.3 cm³/mol. The second-order valence-corrected chi connectivity index (χ2v) is 6.22. The summed E-state index contributed by atoms with van der Waals surface area (Å²) in [6.07, 6.45) is 2.88. The largest absolute Gasteiger partial charge is 0.465 e. The fraction of sp³-hybridized carbons (Fsp3) is 0.300. The van der Waals surface area contributed by atoms with Crippen molar-refractivity contribution in [2.75, 3.05) is 25.1 Å². The molecule has 1 aromatic heterocycles. The van der Waals surface area contributed by atoms with Gasteiger partial charge in [-0.2, -0.15) is 5.26 Å². The SMILES string of the molecule is COC(=O)c1ccc(OC(=O)C2CCN(c3ccc(C#N)cn3)CC2)cc1. The van der Waals surface area contributed by atoms with Gasteiger partial charge in [0.25, 0.3) is 0 Å². The molecule has 0 amide bonds. The Hall–Kier alpha value is -3.40. The minimum atomic E-state index is -0.434. The molecule has 7 heteroatoms. The van der Waals surface area contributed by atoms with E-state index < -0.39 is 5.97 Å². The number of nitriles is 1. The van der Waals surface area contributed by atoms with Crippen molar-refractivity contribution >= 4 is 17.8 Å². The molecular formula is C20H19N3O4. The van der Waals surface area contributed by atoms with Gasteiger partial charge >= 0.3 is 11.9 Å². The number of hydrogen-bond donors (Lipinski definition) is 0. The molecule has 27 heavy (non-hydrogen) atoms. The third kappa shape index (κ3) is 4.42. The third-order valence-corrected chi connectivity index (χ3v) is 4.52. The molecular weight excluding hydrogens is 346 g/mol. The molecule has 0 atom stereocenters. The second-order valence-electron chi connectivity index (χ2n) is 6.22. The fourth-order valence-corrected chi connectivity index (χ4v) is 2.96. The lowest BCUT2D eigenvalue weighted by atomic mass is 9.97. The maximum Gasteiger partial charge on any atom is 0.337 e. The minimum absolute atomic E-state index is 0.181. The van der Waals surface area contributed by atoms with Gasteiger partial charge in [-0.25, -0.2) is 9.78 Å². The maximum absolute atomic E-state index is 12.4. The number of hydrogen-bond acceptors (Lipinski definition) is 7. The Balaban J connectivity index is 1.53. The van der Waals surface area contributed by atoms with Gasteiger partial charge in [0.05, 0.1) is 24.2 Å². The lowest BCUT2D eigenvalue weighted by Gasteiger charge is -2.31. The zero-order valence-corrected chi connectivity index (χ0v) is 14.9. The first-order chi connectivity index (χ1) is 13.1. The summed E-state index contributed by atoms with van der Waals surface area (Å²) in [6.45, 7) is 1.39. The highest BCUT2D eigenvalue weighted by molar-refractivity contribution is 5.89. The number of aromatic nitrogens is 1. The Morgan fingerprint density at radius 3 is 2.41 bits per heavy atom. The molecule has 0 radical (unpaired) electrons. The van der Waals surface area contributed by atoms with Gasteiger partial charge in [-0.1, -0.05) is 0 Å². The number of esters is 2. The Bertz CT molecular complexity index is 848. The van der Waals surface area contributed by atoms with E-state index in [1.807, 2.05) is 12.1 Å². The van der Waals surface area contributed by atoms with Crippen molar-refractivity contribution in [2.45, 2.75) is 12.8 Å². The van der Waals surface area contributed by atoms with E-state index in [0.717, 1.165) is 5.82 Å². The van der Waals surface area contributed by atoms with Gasteiger partial charge < -0.3 is 14.4 Å². The highest BCUT2D eigenvalue weighted by Gasteiger charge is 2.27. The van der Waals surface area contributed by atoms with Crippen LogP contribution in [-0.2, 0) is 9.53 Å². The smallest absolute Gasteiger partial charge is 0.337 e. The highest BCUT2D eigenvalue weighted by atomic mass is 16.5. The van der Waals surface area contributed by atoms with Crippen molar-refractivity contribution in [2.24, 2.45) is 5.92 Å². The van der Waals surface area contributed by atoms with Crippen LogP contribution in [-0.4, -0.2) is 37.1 Å². The number of ether oxygens (including phenoxy) is 2. The number of benzene rings is 1. The summed E-state index contributed by atoms with van der Waals surface area (Å²) in [5.41, 5.74) is 0.927. The molecule has 2 heterocycles. The summed E-state index contributed by atoms with van der Waals surface area (Å²) in [6, 6.07) is 11.9. The topological polar surface area (TPSA) is 92.5 Å². The van der Waals surface area contributed by atoms with Crippen molar-refractivity contribution in [3.8, 4) is 11.8 Å². The summed E-state index contributed by atoms with van der Waals surface area (Å²) in [5, 5.41) is 8.83. The average Bonchev–Trinajstić information content (AvgIpc) is 2.74. The fourth-order valence-electron chi connectivity index (χ4n) is 2.96. The van der Waals surface area contributed by atoms with E-state index in [2.05, 4.69) is 14.6 Å². The van der Waals surface area contributed by atoms with Crippen molar-refractivity contribution in [1.29, 1.82) is 5.26 Å². The number of rotatable bonds is 4. The summed E-state index contributed by atoms with van der Waals surface area (Å²) >= 11 is 0. The van der Waals surface area contributed by atoms with Crippen LogP contribution in [0.5, 0.6) is 5.75 Å². The lowest BCUT2D eigenvalue weighted by Crippen LogP contribution is -2.38. The quantitative estimate of drug-likeness (QED) is 0.607. The second kappa shape index (κ2) is 8.32. The van der Waals surface area contributed by atoms with Crippen molar-refractivity contribution < 1.29 is 19.1 Å². The number of piperidine rings is 1. The summed E-state index contributed by atoms with van der Waals surface area (Å²) in [7, 11) is 1.32. The molecule has 3 rings (SSSR count). The van der Waals surface area contributed by atoms with E-state index in [0.29, 0.717) is 42.8 Å². The average molecular weight is 365 g/mol. The van der Waals surface area contributed by atoms with Crippen LogP contribution in [0, 0.1) is 17.2 Å². The molecule has 7 nitrogen and oxygen atoms in total. The zero-order chi connectivity index (χ0) is 19.2. The van der Waals surface area contributed by atoms with Gasteiger partial charge in [0.1, 0.15) is 17.6 Å². The molecule has 1 fully saturated rings. The Morgan fingerprint density at radius 2 is 1.85 bits per heavy atom. The summed E-state index contributed by atoms with van der Waals surface area (Å²) in [4.78, 5) is 30.2. The molecule has 0 unspecified atom stereocenters. The van der Waals surface area contributed by atoms with Crippen LogP contribution in [0.3, 0.4) is 0 Å². The van der Waals surface area contributed by atoms with Crippen LogP contribution in [0.4, 0.5) is 5.82 Å². The van der Waals surface area contributed by atoms with Gasteiger partial charge in [-0.3, -0.25) is 4.79 Å². The summed E-state index contributed by atoms with van der Waals surface area (Å²) < 4.78 is 10.1. The molecule has 138 valence electrons. The lowest BCUT2D eigenvalue weighted by molar-refractivity contribution is -0.139. The molecule has 0 spiro atoms. The number of pyridine rings is 1. The standard InChI is InChI=1S/C20H19N3O4/c1-26-19(24)15-3-5-17(6-4-15)27-20(25)16-8-10-23(11-9-16)18-7-2-14(12-21)13-22-18/h2-7,13,16H,8-11H2,1H3. The minimum Gasteiger partial charge on any atom is -0.465 e. The van der Waals surface area contributed by atoms with Crippen LogP contribution in [0.2, 0.25) is 0 Å². The van der Waals surface area contributed by atoms with Gasteiger partial charge in [0.15, 0.2) is 0 Å². The van der Waals surface area contributed by atoms with Crippen molar-refractivity contribution in [1.82, 2.24) is 4.98 Å². The first-order valence-corrected chi connectivity index (χ1v) is 8.62. The van der Waals surface area contributed by atoms with Gasteiger partial charge in [-0.05, 0) is 49.2 Å². The molecule has 0 bridgehead atoms. The number of methoxy groups -OCH3 is 1. The van der Waals surface area contributed by atoms with Crippen LogP contribution >= 0.6 is 0 Å². The Morgan fingerprint density at radius 1 is 1.15 bits per heavy atom. The first-order valence-electron chi connectivity index (χ1n) is 8.62. The Labute approximate surface area is 157 Å². The monoisotopic (exact) mass is 365 g/mol. The third-order valence-electron chi connectivity index (χ3n) is 4.52. The van der Waals surface area contributed by atoms with Gasteiger partial charge in [-0.15, -0.1) is 0 Å². The van der Waals surface area contributed by atoms with Gasteiger partial charge in [0.2, 0.25) is 0 Å². The number of nitrogens with zero attached hydrogens (tertiary/aromatic N) is 3. The van der Waals surface area contributed by atoms with Gasteiger partial charge in [0, 0.05) is 19.3 Å². The van der Waals surface area contributed by atoms with E-state index in [1.54, 1.807) is 36.5 Å². The molecule has 1 saturated heterocycles. The molecule has 0 saturated carbocycles. The molecule has 1 aliphatic rings. The normalized spacial score (nSPS) is 14.3. The molecule has 1 aliphatic heterocycles. The van der Waals surface area contributed by atoms with Crippen LogP contribution in [0.25, 0.3) is 0 Å². The molecule has 0 N–H and O–H groups in total. The Kier molecular flexibility index (Phi) is 5.67. The first kappa shape index (κ1) is 18.4.